The topological polar surface area (TPSA) is 50.4 Å². The maximum absolute atomic E-state index is 12.4. The molecule has 2 N–H and O–H groups in total. The van der Waals surface area contributed by atoms with Crippen molar-refractivity contribution in [1.29, 1.82) is 0 Å². The summed E-state index contributed by atoms with van der Waals surface area (Å²) < 4.78 is 5.26. The van der Waals surface area contributed by atoms with Gasteiger partial charge in [0.25, 0.3) is 0 Å². The Hall–Kier alpha value is -2.49. The van der Waals surface area contributed by atoms with E-state index in [1.165, 1.54) is 24.8 Å². The van der Waals surface area contributed by atoms with Gasteiger partial charge in [0.1, 0.15) is 11.8 Å². The number of carbonyl (C=O) groups is 1. The summed E-state index contributed by atoms with van der Waals surface area (Å²) in [6.45, 7) is 4.06. The average molecular weight is 340 g/mol. The molecule has 0 aliphatic heterocycles. The fraction of sp³-hybridized carbons (Fsp3) is 0.381. The molecule has 2 rings (SSSR count). The van der Waals surface area contributed by atoms with Gasteiger partial charge < -0.3 is 15.4 Å². The van der Waals surface area contributed by atoms with Crippen molar-refractivity contribution < 1.29 is 9.53 Å². The van der Waals surface area contributed by atoms with E-state index in [0.717, 1.165) is 12.1 Å². The molecule has 134 valence electrons. The Kier molecular flexibility index (Phi) is 7.33. The van der Waals surface area contributed by atoms with E-state index in [1.54, 1.807) is 7.11 Å². The van der Waals surface area contributed by atoms with Gasteiger partial charge >= 0.3 is 0 Å². The molecule has 0 spiro atoms. The first-order chi connectivity index (χ1) is 12.1. The molecule has 0 bridgehead atoms. The van der Waals surface area contributed by atoms with Crippen molar-refractivity contribution in [3.8, 4) is 5.75 Å². The zero-order valence-corrected chi connectivity index (χ0v) is 15.3. The first kappa shape index (κ1) is 18.8. The largest absolute Gasteiger partial charge is 0.495 e. The molecular weight excluding hydrogens is 312 g/mol. The van der Waals surface area contributed by atoms with Gasteiger partial charge in [-0.2, -0.15) is 0 Å². The summed E-state index contributed by atoms with van der Waals surface area (Å²) in [5, 5.41) is 6.14. The van der Waals surface area contributed by atoms with Crippen molar-refractivity contribution >= 4 is 17.3 Å². The van der Waals surface area contributed by atoms with Crippen LogP contribution < -0.4 is 15.4 Å². The van der Waals surface area contributed by atoms with E-state index in [1.807, 2.05) is 43.3 Å². The van der Waals surface area contributed by atoms with Gasteiger partial charge in [-0.05, 0) is 49.6 Å². The number of para-hydroxylation sites is 2. The molecule has 1 amide bonds. The van der Waals surface area contributed by atoms with Gasteiger partial charge in [-0.25, -0.2) is 0 Å². The third-order valence-electron chi connectivity index (χ3n) is 4.16. The molecule has 0 radical (unpaired) electrons. The molecule has 0 heterocycles. The highest BCUT2D eigenvalue weighted by Crippen LogP contribution is 2.23. The van der Waals surface area contributed by atoms with Crippen LogP contribution in [0.2, 0.25) is 0 Å². The van der Waals surface area contributed by atoms with E-state index >= 15 is 0 Å². The van der Waals surface area contributed by atoms with Gasteiger partial charge in [0.05, 0.1) is 12.8 Å². The maximum Gasteiger partial charge on any atom is 0.246 e. The van der Waals surface area contributed by atoms with Gasteiger partial charge in [0.2, 0.25) is 5.91 Å². The lowest BCUT2D eigenvalue weighted by atomic mass is 10.1. The SMILES string of the molecule is CCCCCc1ccc(N[C@H](C)C(=O)Nc2ccccc2OC)cc1. The molecule has 0 saturated heterocycles. The van der Waals surface area contributed by atoms with Gasteiger partial charge in [0.15, 0.2) is 0 Å². The number of anilines is 2. The Bertz CT molecular complexity index is 668. The molecule has 4 nitrogen and oxygen atoms in total. The van der Waals surface area contributed by atoms with Crippen LogP contribution in [-0.2, 0) is 11.2 Å². The average Bonchev–Trinajstić information content (AvgIpc) is 2.63. The smallest absolute Gasteiger partial charge is 0.246 e. The molecule has 4 heteroatoms. The summed E-state index contributed by atoms with van der Waals surface area (Å²) in [7, 11) is 1.59. The summed E-state index contributed by atoms with van der Waals surface area (Å²) in [4.78, 5) is 12.4. The van der Waals surface area contributed by atoms with Crippen molar-refractivity contribution in [2.75, 3.05) is 17.7 Å². The fourth-order valence-electron chi connectivity index (χ4n) is 2.65. The number of unbranched alkanes of at least 4 members (excludes halogenated alkanes) is 2. The normalized spacial score (nSPS) is 11.6. The van der Waals surface area contributed by atoms with E-state index in [9.17, 15) is 4.79 Å². The van der Waals surface area contributed by atoms with Crippen molar-refractivity contribution in [3.63, 3.8) is 0 Å². The van der Waals surface area contributed by atoms with Crippen LogP contribution >= 0.6 is 0 Å². The highest BCUT2D eigenvalue weighted by atomic mass is 16.5. The Balaban J connectivity index is 1.90. The predicted molar refractivity (Wildman–Crippen MR) is 104 cm³/mol. The number of amides is 1. The summed E-state index contributed by atoms with van der Waals surface area (Å²) in [5.41, 5.74) is 2.96. The van der Waals surface area contributed by atoms with E-state index in [2.05, 4.69) is 29.7 Å². The molecular formula is C21H28N2O2. The number of ether oxygens (including phenoxy) is 1. The van der Waals surface area contributed by atoms with Gasteiger partial charge in [-0.1, -0.05) is 44.0 Å². The van der Waals surface area contributed by atoms with Crippen molar-refractivity contribution in [3.05, 3.63) is 54.1 Å². The molecule has 1 atom stereocenters. The zero-order chi connectivity index (χ0) is 18.1. The van der Waals surface area contributed by atoms with Crippen molar-refractivity contribution in [2.24, 2.45) is 0 Å². The number of rotatable bonds is 9. The fourth-order valence-corrected chi connectivity index (χ4v) is 2.65. The minimum atomic E-state index is -0.351. The molecule has 0 saturated carbocycles. The van der Waals surface area contributed by atoms with Crippen LogP contribution in [0.15, 0.2) is 48.5 Å². The quantitative estimate of drug-likeness (QED) is 0.641. The van der Waals surface area contributed by atoms with Crippen LogP contribution in [0.5, 0.6) is 5.75 Å². The predicted octanol–water partition coefficient (Wildman–Crippen LogP) is 4.87. The Morgan fingerprint density at radius 1 is 1.08 bits per heavy atom. The molecule has 0 aliphatic carbocycles. The molecule has 25 heavy (non-hydrogen) atoms. The summed E-state index contributed by atoms with van der Waals surface area (Å²) in [5.74, 6) is 0.552. The number of benzene rings is 2. The number of methoxy groups -OCH3 is 1. The van der Waals surface area contributed by atoms with Crippen molar-refractivity contribution in [2.45, 2.75) is 45.6 Å². The Morgan fingerprint density at radius 3 is 2.48 bits per heavy atom. The molecule has 2 aromatic carbocycles. The number of hydrogen-bond donors (Lipinski definition) is 2. The third-order valence-corrected chi connectivity index (χ3v) is 4.16. The second-order valence-corrected chi connectivity index (χ2v) is 6.21. The summed E-state index contributed by atoms with van der Waals surface area (Å²) >= 11 is 0. The van der Waals surface area contributed by atoms with Gasteiger partial charge in [0, 0.05) is 5.69 Å². The molecule has 2 aromatic rings. The Morgan fingerprint density at radius 2 is 1.80 bits per heavy atom. The lowest BCUT2D eigenvalue weighted by Gasteiger charge is -2.17. The molecule has 0 fully saturated rings. The third kappa shape index (κ3) is 5.82. The van der Waals surface area contributed by atoms with Crippen LogP contribution in [-0.4, -0.2) is 19.1 Å². The first-order valence-corrected chi connectivity index (χ1v) is 8.93. The van der Waals surface area contributed by atoms with Crippen LogP contribution in [0, 0.1) is 0 Å². The lowest BCUT2D eigenvalue weighted by molar-refractivity contribution is -0.116. The summed E-state index contributed by atoms with van der Waals surface area (Å²) in [6.07, 6.45) is 4.83. The number of aryl methyl sites for hydroxylation is 1. The van der Waals surface area contributed by atoms with E-state index in [0.29, 0.717) is 11.4 Å². The van der Waals surface area contributed by atoms with Crippen LogP contribution in [0.1, 0.15) is 38.7 Å². The monoisotopic (exact) mass is 340 g/mol. The Labute approximate surface area is 150 Å². The number of carbonyl (C=O) groups excluding carboxylic acids is 1. The van der Waals surface area contributed by atoms with Crippen LogP contribution in [0.4, 0.5) is 11.4 Å². The van der Waals surface area contributed by atoms with Crippen molar-refractivity contribution in [1.82, 2.24) is 0 Å². The highest BCUT2D eigenvalue weighted by Gasteiger charge is 2.14. The molecule has 0 aliphatic rings. The van der Waals surface area contributed by atoms with E-state index in [4.69, 9.17) is 4.74 Å². The van der Waals surface area contributed by atoms with E-state index in [-0.39, 0.29) is 11.9 Å². The lowest BCUT2D eigenvalue weighted by Crippen LogP contribution is -2.31. The summed E-state index contributed by atoms with van der Waals surface area (Å²) in [6, 6.07) is 15.4. The van der Waals surface area contributed by atoms with Gasteiger partial charge in [-0.3, -0.25) is 4.79 Å². The zero-order valence-electron chi connectivity index (χ0n) is 15.3. The van der Waals surface area contributed by atoms with Crippen LogP contribution in [0.3, 0.4) is 0 Å². The number of nitrogens with one attached hydrogen (secondary N) is 2. The molecule has 0 unspecified atom stereocenters. The van der Waals surface area contributed by atoms with E-state index < -0.39 is 0 Å². The standard InChI is InChI=1S/C21H28N2O2/c1-4-5-6-9-17-12-14-18(15-13-17)22-16(2)21(24)23-19-10-7-8-11-20(19)25-3/h7-8,10-16,22H,4-6,9H2,1-3H3,(H,23,24)/t16-/m1/s1. The minimum absolute atomic E-state index is 0.100. The first-order valence-electron chi connectivity index (χ1n) is 8.93. The molecule has 0 aromatic heterocycles. The minimum Gasteiger partial charge on any atom is -0.495 e. The highest BCUT2D eigenvalue weighted by molar-refractivity contribution is 5.97. The second kappa shape index (κ2) is 9.72. The number of hydrogen-bond acceptors (Lipinski definition) is 3. The second-order valence-electron chi connectivity index (χ2n) is 6.21. The van der Waals surface area contributed by atoms with Gasteiger partial charge in [-0.15, -0.1) is 0 Å². The maximum atomic E-state index is 12.4. The van der Waals surface area contributed by atoms with Crippen LogP contribution in [0.25, 0.3) is 0 Å².